The minimum absolute atomic E-state index is 0.944. The molecule has 0 unspecified atom stereocenters. The van der Waals surface area contributed by atoms with Crippen molar-refractivity contribution in [3.63, 3.8) is 0 Å². The van der Waals surface area contributed by atoms with E-state index in [1.54, 1.807) is 0 Å². The molecular weight excluding hydrogens is 166 g/mol. The molecule has 1 aromatic heterocycles. The van der Waals surface area contributed by atoms with Crippen LogP contribution in [0.5, 0.6) is 0 Å². The Bertz CT molecular complexity index is 289. The smallest absolute Gasteiger partial charge is 0.230 e. The fraction of sp³-hybridized carbons (Fsp3) is 0.667. The molecule has 1 N–H and O–H groups in total. The summed E-state index contributed by atoms with van der Waals surface area (Å²) < 4.78 is 5.28. The summed E-state index contributed by atoms with van der Waals surface area (Å²) in [5, 5.41) is 7.26. The number of hydrogen-bond donors (Lipinski definition) is 1. The Hall–Kier alpha value is -1.03. The second kappa shape index (κ2) is 3.38. The average molecular weight is 181 g/mol. The second-order valence-corrected chi connectivity index (χ2v) is 3.44. The monoisotopic (exact) mass is 181 g/mol. The Morgan fingerprint density at radius 2 is 2.00 bits per heavy atom. The molecule has 2 rings (SSSR count). The number of anilines is 1. The van der Waals surface area contributed by atoms with E-state index in [0.717, 1.165) is 37.8 Å². The predicted octanol–water partition coefficient (Wildman–Crippen LogP) is 0.701. The van der Waals surface area contributed by atoms with E-state index in [4.69, 9.17) is 4.52 Å². The number of nitrogens with zero attached hydrogens (tertiary/aromatic N) is 2. The number of nitrogens with one attached hydrogen (secondary N) is 1. The lowest BCUT2D eigenvalue weighted by Crippen LogP contribution is -2.43. The molecule has 1 aliphatic rings. The molecule has 0 bridgehead atoms. The first-order valence-corrected chi connectivity index (χ1v) is 4.67. The van der Waals surface area contributed by atoms with Gasteiger partial charge in [0.25, 0.3) is 0 Å². The van der Waals surface area contributed by atoms with Crippen LogP contribution in [0.4, 0.5) is 5.88 Å². The topological polar surface area (TPSA) is 41.3 Å². The van der Waals surface area contributed by atoms with Crippen LogP contribution in [0.25, 0.3) is 0 Å². The largest absolute Gasteiger partial charge is 0.338 e. The van der Waals surface area contributed by atoms with Gasteiger partial charge in [0.2, 0.25) is 5.88 Å². The number of hydrogen-bond acceptors (Lipinski definition) is 4. The van der Waals surface area contributed by atoms with Crippen molar-refractivity contribution in [1.82, 2.24) is 10.5 Å². The predicted molar refractivity (Wildman–Crippen MR) is 51.1 cm³/mol. The van der Waals surface area contributed by atoms with Crippen molar-refractivity contribution in [2.45, 2.75) is 13.8 Å². The van der Waals surface area contributed by atoms with Gasteiger partial charge < -0.3 is 14.7 Å². The van der Waals surface area contributed by atoms with Crippen molar-refractivity contribution in [2.75, 3.05) is 31.1 Å². The first-order valence-electron chi connectivity index (χ1n) is 4.67. The lowest BCUT2D eigenvalue weighted by molar-refractivity contribution is 0.403. The van der Waals surface area contributed by atoms with E-state index < -0.39 is 0 Å². The van der Waals surface area contributed by atoms with Gasteiger partial charge >= 0.3 is 0 Å². The third-order valence-corrected chi connectivity index (χ3v) is 2.54. The van der Waals surface area contributed by atoms with Gasteiger partial charge in [-0.05, 0) is 13.8 Å². The molecule has 4 nitrogen and oxygen atoms in total. The molecule has 1 saturated heterocycles. The summed E-state index contributed by atoms with van der Waals surface area (Å²) in [6.07, 6.45) is 0. The molecular formula is C9H15N3O. The maximum Gasteiger partial charge on any atom is 0.230 e. The maximum absolute atomic E-state index is 5.28. The number of aryl methyl sites for hydroxylation is 1. The normalized spacial score (nSPS) is 17.8. The lowest BCUT2D eigenvalue weighted by Gasteiger charge is -2.26. The third-order valence-electron chi connectivity index (χ3n) is 2.54. The third kappa shape index (κ3) is 1.54. The van der Waals surface area contributed by atoms with Crippen molar-refractivity contribution in [3.8, 4) is 0 Å². The number of rotatable bonds is 1. The molecule has 2 heterocycles. The van der Waals surface area contributed by atoms with E-state index in [9.17, 15) is 0 Å². The fourth-order valence-corrected chi connectivity index (χ4v) is 1.57. The SMILES string of the molecule is Cc1noc(N2CCNCC2)c1C. The highest BCUT2D eigenvalue weighted by atomic mass is 16.5. The molecule has 0 aromatic carbocycles. The van der Waals surface area contributed by atoms with Crippen LogP contribution in [0.2, 0.25) is 0 Å². The highest BCUT2D eigenvalue weighted by molar-refractivity contribution is 5.45. The van der Waals surface area contributed by atoms with Crippen molar-refractivity contribution >= 4 is 5.88 Å². The van der Waals surface area contributed by atoms with Gasteiger partial charge in [0.15, 0.2) is 0 Å². The minimum Gasteiger partial charge on any atom is -0.338 e. The fourth-order valence-electron chi connectivity index (χ4n) is 1.57. The van der Waals surface area contributed by atoms with Gasteiger partial charge in [-0.2, -0.15) is 0 Å². The van der Waals surface area contributed by atoms with Gasteiger partial charge in [-0.1, -0.05) is 5.16 Å². The van der Waals surface area contributed by atoms with E-state index in [1.807, 2.05) is 6.92 Å². The average Bonchev–Trinajstić information content (AvgIpc) is 2.49. The summed E-state index contributed by atoms with van der Waals surface area (Å²) in [5.74, 6) is 0.944. The zero-order chi connectivity index (χ0) is 9.26. The summed E-state index contributed by atoms with van der Waals surface area (Å²) in [5.41, 5.74) is 2.16. The Morgan fingerprint density at radius 1 is 1.31 bits per heavy atom. The van der Waals surface area contributed by atoms with E-state index in [0.29, 0.717) is 0 Å². The van der Waals surface area contributed by atoms with Crippen LogP contribution >= 0.6 is 0 Å². The standard InChI is InChI=1S/C9H15N3O/c1-7-8(2)11-13-9(7)12-5-3-10-4-6-12/h10H,3-6H2,1-2H3. The summed E-state index contributed by atoms with van der Waals surface area (Å²) in [7, 11) is 0. The van der Waals surface area contributed by atoms with Gasteiger partial charge in [0, 0.05) is 31.7 Å². The van der Waals surface area contributed by atoms with E-state index in [1.165, 1.54) is 5.56 Å². The summed E-state index contributed by atoms with van der Waals surface area (Å²) in [6.45, 7) is 8.11. The van der Waals surface area contributed by atoms with E-state index >= 15 is 0 Å². The molecule has 0 amide bonds. The second-order valence-electron chi connectivity index (χ2n) is 3.44. The summed E-state index contributed by atoms with van der Waals surface area (Å²) in [6, 6.07) is 0. The highest BCUT2D eigenvalue weighted by Gasteiger charge is 2.17. The van der Waals surface area contributed by atoms with Crippen molar-refractivity contribution < 1.29 is 4.52 Å². The zero-order valence-corrected chi connectivity index (χ0v) is 8.13. The van der Waals surface area contributed by atoms with Crippen LogP contribution in [0, 0.1) is 13.8 Å². The molecule has 1 aromatic rings. The van der Waals surface area contributed by atoms with Crippen molar-refractivity contribution in [1.29, 1.82) is 0 Å². The van der Waals surface area contributed by atoms with Gasteiger partial charge in [0.1, 0.15) is 0 Å². The van der Waals surface area contributed by atoms with Crippen LogP contribution in [-0.4, -0.2) is 31.3 Å². The molecule has 0 aliphatic carbocycles. The van der Waals surface area contributed by atoms with Crippen LogP contribution in [-0.2, 0) is 0 Å². The molecule has 0 spiro atoms. The lowest BCUT2D eigenvalue weighted by atomic mass is 10.2. The molecule has 1 aliphatic heterocycles. The molecule has 0 radical (unpaired) electrons. The first-order chi connectivity index (χ1) is 6.29. The quantitative estimate of drug-likeness (QED) is 0.692. The molecule has 1 fully saturated rings. The zero-order valence-electron chi connectivity index (χ0n) is 8.13. The molecule has 4 heteroatoms. The van der Waals surface area contributed by atoms with E-state index in [2.05, 4.69) is 22.3 Å². The van der Waals surface area contributed by atoms with Crippen LogP contribution in [0.1, 0.15) is 11.3 Å². The van der Waals surface area contributed by atoms with Crippen molar-refractivity contribution in [3.05, 3.63) is 11.3 Å². The molecule has 72 valence electrons. The Balaban J connectivity index is 2.18. The Morgan fingerprint density at radius 3 is 2.54 bits per heavy atom. The Labute approximate surface area is 77.9 Å². The first kappa shape index (κ1) is 8.56. The van der Waals surface area contributed by atoms with Gasteiger partial charge in [-0.3, -0.25) is 0 Å². The minimum atomic E-state index is 0.944. The highest BCUT2D eigenvalue weighted by Crippen LogP contribution is 2.22. The van der Waals surface area contributed by atoms with E-state index in [-0.39, 0.29) is 0 Å². The number of piperazine rings is 1. The van der Waals surface area contributed by atoms with Crippen LogP contribution < -0.4 is 10.2 Å². The van der Waals surface area contributed by atoms with Crippen LogP contribution in [0.15, 0.2) is 4.52 Å². The molecule has 0 saturated carbocycles. The van der Waals surface area contributed by atoms with Gasteiger partial charge in [-0.15, -0.1) is 0 Å². The van der Waals surface area contributed by atoms with Crippen molar-refractivity contribution in [2.24, 2.45) is 0 Å². The molecule has 13 heavy (non-hydrogen) atoms. The molecule has 0 atom stereocenters. The van der Waals surface area contributed by atoms with Gasteiger partial charge in [0.05, 0.1) is 5.69 Å². The summed E-state index contributed by atoms with van der Waals surface area (Å²) >= 11 is 0. The Kier molecular flexibility index (Phi) is 2.22. The van der Waals surface area contributed by atoms with Crippen LogP contribution in [0.3, 0.4) is 0 Å². The maximum atomic E-state index is 5.28. The van der Waals surface area contributed by atoms with Gasteiger partial charge in [-0.25, -0.2) is 0 Å². The number of aromatic nitrogens is 1. The summed E-state index contributed by atoms with van der Waals surface area (Å²) in [4.78, 5) is 2.24.